The Morgan fingerprint density at radius 2 is 1.83 bits per heavy atom. The van der Waals surface area contributed by atoms with Crippen LogP contribution in [0.4, 0.5) is 5.69 Å². The van der Waals surface area contributed by atoms with Crippen LogP contribution in [0.3, 0.4) is 0 Å². The number of sulfonamides is 1. The molecule has 0 aliphatic rings. The molecule has 0 fully saturated rings. The molecular weight excluding hydrogens is 314 g/mol. The standard InChI is InChI=1S/C17H15NO4S/c1-2-12-5-3-4-6-15(12)18-23(20,21)14-8-9-16-13(11-14)7-10-17(19)22-16/h3-11,18H,2H2,1H3. The van der Waals surface area contributed by atoms with E-state index in [0.717, 1.165) is 12.0 Å². The van der Waals surface area contributed by atoms with Crippen molar-refractivity contribution in [3.05, 3.63) is 70.6 Å². The second-order valence-corrected chi connectivity index (χ2v) is 6.75. The van der Waals surface area contributed by atoms with E-state index in [2.05, 4.69) is 4.72 Å². The van der Waals surface area contributed by atoms with E-state index in [1.165, 1.54) is 24.3 Å². The topological polar surface area (TPSA) is 76.4 Å². The predicted octanol–water partition coefficient (Wildman–Crippen LogP) is 3.16. The highest BCUT2D eigenvalue weighted by molar-refractivity contribution is 7.92. The zero-order valence-corrected chi connectivity index (χ0v) is 13.3. The van der Waals surface area contributed by atoms with Gasteiger partial charge in [-0.3, -0.25) is 4.72 Å². The van der Waals surface area contributed by atoms with E-state index in [4.69, 9.17) is 4.42 Å². The van der Waals surface area contributed by atoms with Crippen LogP contribution in [-0.2, 0) is 16.4 Å². The van der Waals surface area contributed by atoms with E-state index in [0.29, 0.717) is 16.7 Å². The van der Waals surface area contributed by atoms with Crippen molar-refractivity contribution in [3.63, 3.8) is 0 Å². The minimum Gasteiger partial charge on any atom is -0.423 e. The number of para-hydroxylation sites is 1. The molecule has 1 aromatic heterocycles. The van der Waals surface area contributed by atoms with Gasteiger partial charge in [-0.25, -0.2) is 13.2 Å². The van der Waals surface area contributed by atoms with Gasteiger partial charge in [0.15, 0.2) is 0 Å². The third kappa shape index (κ3) is 3.12. The SMILES string of the molecule is CCc1ccccc1NS(=O)(=O)c1ccc2oc(=O)ccc2c1. The first-order valence-electron chi connectivity index (χ1n) is 7.14. The number of anilines is 1. The van der Waals surface area contributed by atoms with Crippen molar-refractivity contribution in [1.82, 2.24) is 0 Å². The van der Waals surface area contributed by atoms with Crippen LogP contribution < -0.4 is 10.3 Å². The molecule has 0 amide bonds. The second-order valence-electron chi connectivity index (χ2n) is 5.07. The van der Waals surface area contributed by atoms with Gasteiger partial charge >= 0.3 is 5.63 Å². The number of hydrogen-bond acceptors (Lipinski definition) is 4. The van der Waals surface area contributed by atoms with Gasteiger partial charge in [0.25, 0.3) is 10.0 Å². The maximum Gasteiger partial charge on any atom is 0.336 e. The molecule has 6 heteroatoms. The van der Waals surface area contributed by atoms with Gasteiger partial charge in [0, 0.05) is 11.5 Å². The molecule has 3 rings (SSSR count). The summed E-state index contributed by atoms with van der Waals surface area (Å²) in [6, 6.07) is 14.5. The molecule has 0 saturated carbocycles. The van der Waals surface area contributed by atoms with Gasteiger partial charge < -0.3 is 4.42 Å². The van der Waals surface area contributed by atoms with E-state index in [1.807, 2.05) is 19.1 Å². The van der Waals surface area contributed by atoms with Crippen LogP contribution in [0.1, 0.15) is 12.5 Å². The first kappa shape index (κ1) is 15.3. The first-order chi connectivity index (χ1) is 11.0. The van der Waals surface area contributed by atoms with Gasteiger partial charge in [-0.15, -0.1) is 0 Å². The molecule has 0 atom stereocenters. The van der Waals surface area contributed by atoms with E-state index in [9.17, 15) is 13.2 Å². The summed E-state index contributed by atoms with van der Waals surface area (Å²) in [6.45, 7) is 1.96. The Labute approximate surface area is 133 Å². The molecule has 3 aromatic rings. The summed E-state index contributed by atoms with van der Waals surface area (Å²) in [4.78, 5) is 11.3. The maximum atomic E-state index is 12.6. The van der Waals surface area contributed by atoms with Gasteiger partial charge in [-0.1, -0.05) is 25.1 Å². The lowest BCUT2D eigenvalue weighted by Gasteiger charge is -2.12. The van der Waals surface area contributed by atoms with Gasteiger partial charge in [0.2, 0.25) is 0 Å². The van der Waals surface area contributed by atoms with Crippen molar-refractivity contribution < 1.29 is 12.8 Å². The molecule has 2 aromatic carbocycles. The Bertz CT molecular complexity index is 1020. The highest BCUT2D eigenvalue weighted by Crippen LogP contribution is 2.23. The second kappa shape index (κ2) is 5.89. The van der Waals surface area contributed by atoms with E-state index in [-0.39, 0.29) is 4.90 Å². The first-order valence-corrected chi connectivity index (χ1v) is 8.62. The molecule has 1 heterocycles. The van der Waals surface area contributed by atoms with Crippen molar-refractivity contribution in [1.29, 1.82) is 0 Å². The molecule has 5 nitrogen and oxygen atoms in total. The summed E-state index contributed by atoms with van der Waals surface area (Å²) in [5.74, 6) is 0. The summed E-state index contributed by atoms with van der Waals surface area (Å²) >= 11 is 0. The number of fused-ring (bicyclic) bond motifs is 1. The largest absolute Gasteiger partial charge is 0.423 e. The molecular formula is C17H15NO4S. The Kier molecular flexibility index (Phi) is 3.92. The quantitative estimate of drug-likeness (QED) is 0.746. The molecule has 1 N–H and O–H groups in total. The van der Waals surface area contributed by atoms with Crippen LogP contribution in [0.2, 0.25) is 0 Å². The Morgan fingerprint density at radius 1 is 1.04 bits per heavy atom. The zero-order chi connectivity index (χ0) is 16.4. The van der Waals surface area contributed by atoms with Gasteiger partial charge in [0.1, 0.15) is 5.58 Å². The van der Waals surface area contributed by atoms with E-state index in [1.54, 1.807) is 18.2 Å². The minimum atomic E-state index is -3.72. The van der Waals surface area contributed by atoms with E-state index >= 15 is 0 Å². The van der Waals surface area contributed by atoms with Crippen molar-refractivity contribution >= 4 is 26.7 Å². The van der Waals surface area contributed by atoms with Crippen molar-refractivity contribution in [2.24, 2.45) is 0 Å². The molecule has 0 aliphatic heterocycles. The fraction of sp³-hybridized carbons (Fsp3) is 0.118. The molecule has 118 valence electrons. The number of aryl methyl sites for hydroxylation is 1. The molecule has 0 saturated heterocycles. The van der Waals surface area contributed by atoms with Crippen LogP contribution in [0, 0.1) is 0 Å². The summed E-state index contributed by atoms with van der Waals surface area (Å²) in [7, 11) is -3.72. The number of benzene rings is 2. The summed E-state index contributed by atoms with van der Waals surface area (Å²) < 4.78 is 32.8. The van der Waals surface area contributed by atoms with E-state index < -0.39 is 15.6 Å². The molecule has 0 spiro atoms. The van der Waals surface area contributed by atoms with Gasteiger partial charge in [-0.2, -0.15) is 0 Å². The Morgan fingerprint density at radius 3 is 2.61 bits per heavy atom. The lowest BCUT2D eigenvalue weighted by atomic mass is 10.1. The third-order valence-electron chi connectivity index (χ3n) is 3.54. The predicted molar refractivity (Wildman–Crippen MR) is 89.1 cm³/mol. The minimum absolute atomic E-state index is 0.116. The van der Waals surface area contributed by atoms with Crippen molar-refractivity contribution in [3.8, 4) is 0 Å². The highest BCUT2D eigenvalue weighted by atomic mass is 32.2. The molecule has 23 heavy (non-hydrogen) atoms. The third-order valence-corrected chi connectivity index (χ3v) is 4.91. The van der Waals surface area contributed by atoms with Crippen LogP contribution >= 0.6 is 0 Å². The average molecular weight is 329 g/mol. The summed E-state index contributed by atoms with van der Waals surface area (Å²) in [5.41, 5.74) is 1.37. The zero-order valence-electron chi connectivity index (χ0n) is 12.4. The monoisotopic (exact) mass is 329 g/mol. The fourth-order valence-corrected chi connectivity index (χ4v) is 3.48. The number of nitrogens with one attached hydrogen (secondary N) is 1. The molecule has 0 aliphatic carbocycles. The fourth-order valence-electron chi connectivity index (χ4n) is 2.35. The van der Waals surface area contributed by atoms with Crippen LogP contribution in [-0.4, -0.2) is 8.42 Å². The lowest BCUT2D eigenvalue weighted by Crippen LogP contribution is -2.14. The van der Waals surface area contributed by atoms with Crippen LogP contribution in [0.15, 0.2) is 68.7 Å². The Balaban J connectivity index is 2.02. The number of rotatable bonds is 4. The van der Waals surface area contributed by atoms with Crippen molar-refractivity contribution in [2.75, 3.05) is 4.72 Å². The number of hydrogen-bond donors (Lipinski definition) is 1. The van der Waals surface area contributed by atoms with Crippen LogP contribution in [0.5, 0.6) is 0 Å². The summed E-state index contributed by atoms with van der Waals surface area (Å²) in [5, 5.41) is 0.552. The molecule has 0 radical (unpaired) electrons. The molecule has 0 unspecified atom stereocenters. The maximum absolute atomic E-state index is 12.6. The normalized spacial score (nSPS) is 11.5. The average Bonchev–Trinajstić information content (AvgIpc) is 2.54. The van der Waals surface area contributed by atoms with Crippen molar-refractivity contribution in [2.45, 2.75) is 18.2 Å². The van der Waals surface area contributed by atoms with Gasteiger partial charge in [0.05, 0.1) is 10.6 Å². The molecule has 0 bridgehead atoms. The highest BCUT2D eigenvalue weighted by Gasteiger charge is 2.16. The van der Waals surface area contributed by atoms with Crippen LogP contribution in [0.25, 0.3) is 11.0 Å². The smallest absolute Gasteiger partial charge is 0.336 e. The Hall–Kier alpha value is -2.60. The lowest BCUT2D eigenvalue weighted by molar-refractivity contribution is 0.560. The van der Waals surface area contributed by atoms with Gasteiger partial charge in [-0.05, 0) is 42.3 Å². The summed E-state index contributed by atoms with van der Waals surface area (Å²) in [6.07, 6.45) is 0.724.